The van der Waals surface area contributed by atoms with Gasteiger partial charge < -0.3 is 14.5 Å². The Morgan fingerprint density at radius 1 is 1.08 bits per heavy atom. The van der Waals surface area contributed by atoms with Crippen LogP contribution in [0.4, 0.5) is 5.69 Å². The number of anilines is 1. The lowest BCUT2D eigenvalue weighted by Crippen LogP contribution is -2.50. The highest BCUT2D eigenvalue weighted by atomic mass is 16.5. The number of likely N-dealkylation sites (N-methyl/N-ethyl adjacent to an activating group) is 1. The van der Waals surface area contributed by atoms with Crippen LogP contribution >= 0.6 is 0 Å². The van der Waals surface area contributed by atoms with E-state index in [4.69, 9.17) is 4.74 Å². The van der Waals surface area contributed by atoms with Gasteiger partial charge in [0.05, 0.1) is 12.2 Å². The fourth-order valence-electron chi connectivity index (χ4n) is 3.10. The molecular formula is C20H22N2O3. The first-order valence-corrected chi connectivity index (χ1v) is 8.24. The zero-order valence-corrected chi connectivity index (χ0v) is 14.9. The Labute approximate surface area is 147 Å². The molecule has 5 heteroatoms. The summed E-state index contributed by atoms with van der Waals surface area (Å²) in [6, 6.07) is 13.1. The van der Waals surface area contributed by atoms with E-state index in [-0.39, 0.29) is 18.4 Å². The normalized spacial score (nSPS) is 16.0. The Bertz CT molecular complexity index is 809. The van der Waals surface area contributed by atoms with Gasteiger partial charge in [-0.3, -0.25) is 9.59 Å². The molecule has 2 aromatic carbocycles. The predicted octanol–water partition coefficient (Wildman–Crippen LogP) is 2.80. The number of carbonyl (C=O) groups excluding carboxylic acids is 2. The monoisotopic (exact) mass is 338 g/mol. The quantitative estimate of drug-likeness (QED) is 0.846. The van der Waals surface area contributed by atoms with E-state index in [1.807, 2.05) is 50.2 Å². The Balaban J connectivity index is 2.01. The average molecular weight is 338 g/mol. The second-order valence-corrected chi connectivity index (χ2v) is 6.60. The second kappa shape index (κ2) is 6.59. The zero-order valence-electron chi connectivity index (χ0n) is 14.9. The molecule has 2 amide bonds. The SMILES string of the molecule is Cc1cc(C)cc(C(=O)N2C[C@H](C(=O)N(C)C)Oc3ccccc32)c1. The van der Waals surface area contributed by atoms with Crippen LogP contribution in [0.3, 0.4) is 0 Å². The van der Waals surface area contributed by atoms with Crippen LogP contribution in [0.25, 0.3) is 0 Å². The van der Waals surface area contributed by atoms with Gasteiger partial charge in [0.25, 0.3) is 11.8 Å². The lowest BCUT2D eigenvalue weighted by atomic mass is 10.0. The molecule has 0 saturated heterocycles. The van der Waals surface area contributed by atoms with E-state index in [9.17, 15) is 9.59 Å². The Morgan fingerprint density at radius 3 is 2.36 bits per heavy atom. The fourth-order valence-corrected chi connectivity index (χ4v) is 3.10. The van der Waals surface area contributed by atoms with Crippen molar-refractivity contribution in [3.8, 4) is 5.75 Å². The number of rotatable bonds is 2. The van der Waals surface area contributed by atoms with Gasteiger partial charge in [0, 0.05) is 19.7 Å². The number of hydrogen-bond donors (Lipinski definition) is 0. The number of ether oxygens (including phenoxy) is 1. The third kappa shape index (κ3) is 3.36. The van der Waals surface area contributed by atoms with Crippen molar-refractivity contribution in [2.75, 3.05) is 25.5 Å². The summed E-state index contributed by atoms with van der Waals surface area (Å²) in [7, 11) is 3.37. The van der Waals surface area contributed by atoms with Gasteiger partial charge in [-0.15, -0.1) is 0 Å². The molecule has 0 fully saturated rings. The van der Waals surface area contributed by atoms with Gasteiger partial charge in [0.1, 0.15) is 5.75 Å². The van der Waals surface area contributed by atoms with Crippen molar-refractivity contribution < 1.29 is 14.3 Å². The maximum absolute atomic E-state index is 13.2. The number of para-hydroxylation sites is 2. The van der Waals surface area contributed by atoms with E-state index in [0.29, 0.717) is 17.0 Å². The summed E-state index contributed by atoms with van der Waals surface area (Å²) in [5.74, 6) is 0.263. The third-order valence-corrected chi connectivity index (χ3v) is 4.20. The van der Waals surface area contributed by atoms with Crippen molar-refractivity contribution in [1.82, 2.24) is 4.90 Å². The summed E-state index contributed by atoms with van der Waals surface area (Å²) in [5, 5.41) is 0. The molecule has 0 bridgehead atoms. The van der Waals surface area contributed by atoms with E-state index in [1.54, 1.807) is 25.1 Å². The Kier molecular flexibility index (Phi) is 4.49. The van der Waals surface area contributed by atoms with Crippen LogP contribution in [0.1, 0.15) is 21.5 Å². The Morgan fingerprint density at radius 2 is 1.72 bits per heavy atom. The number of benzene rings is 2. The van der Waals surface area contributed by atoms with Gasteiger partial charge in [-0.05, 0) is 38.1 Å². The molecule has 1 aliphatic rings. The van der Waals surface area contributed by atoms with Gasteiger partial charge >= 0.3 is 0 Å². The van der Waals surface area contributed by atoms with Gasteiger partial charge in [0.2, 0.25) is 0 Å². The van der Waals surface area contributed by atoms with Crippen molar-refractivity contribution in [1.29, 1.82) is 0 Å². The highest BCUT2D eigenvalue weighted by Gasteiger charge is 2.34. The number of nitrogens with zero attached hydrogens (tertiary/aromatic N) is 2. The molecule has 25 heavy (non-hydrogen) atoms. The smallest absolute Gasteiger partial charge is 0.265 e. The molecule has 0 unspecified atom stereocenters. The van der Waals surface area contributed by atoms with Crippen molar-refractivity contribution in [3.05, 3.63) is 59.2 Å². The standard InChI is InChI=1S/C20H22N2O3/c1-13-9-14(2)11-15(10-13)19(23)22-12-18(20(24)21(3)4)25-17-8-6-5-7-16(17)22/h5-11,18H,12H2,1-4H3/t18-/m1/s1. The first kappa shape index (κ1) is 17.0. The van der Waals surface area contributed by atoms with Crippen LogP contribution in [0, 0.1) is 13.8 Å². The van der Waals surface area contributed by atoms with E-state index >= 15 is 0 Å². The van der Waals surface area contributed by atoms with Crippen LogP contribution < -0.4 is 9.64 Å². The molecule has 0 saturated carbocycles. The number of amides is 2. The number of fused-ring (bicyclic) bond motifs is 1. The molecule has 0 N–H and O–H groups in total. The molecule has 0 aliphatic carbocycles. The van der Waals surface area contributed by atoms with Crippen LogP contribution in [-0.2, 0) is 4.79 Å². The highest BCUT2D eigenvalue weighted by molar-refractivity contribution is 6.08. The van der Waals surface area contributed by atoms with Gasteiger partial charge in [-0.2, -0.15) is 0 Å². The number of carbonyl (C=O) groups is 2. The summed E-state index contributed by atoms with van der Waals surface area (Å²) in [5.41, 5.74) is 3.37. The van der Waals surface area contributed by atoms with Crippen LogP contribution in [-0.4, -0.2) is 43.5 Å². The molecule has 3 rings (SSSR count). The lowest BCUT2D eigenvalue weighted by molar-refractivity contribution is -0.135. The van der Waals surface area contributed by atoms with Crippen molar-refractivity contribution >= 4 is 17.5 Å². The molecule has 1 aliphatic heterocycles. The molecule has 5 nitrogen and oxygen atoms in total. The summed E-state index contributed by atoms with van der Waals surface area (Å²) in [4.78, 5) is 28.7. The van der Waals surface area contributed by atoms with Gasteiger partial charge in [0.15, 0.2) is 6.10 Å². The Hall–Kier alpha value is -2.82. The molecule has 130 valence electrons. The van der Waals surface area contributed by atoms with E-state index < -0.39 is 6.10 Å². The minimum Gasteiger partial charge on any atom is -0.476 e. The van der Waals surface area contributed by atoms with E-state index in [2.05, 4.69) is 0 Å². The predicted molar refractivity (Wildman–Crippen MR) is 97.1 cm³/mol. The second-order valence-electron chi connectivity index (χ2n) is 6.60. The molecule has 1 heterocycles. The van der Waals surface area contributed by atoms with Crippen LogP contribution in [0.2, 0.25) is 0 Å². The minimum atomic E-state index is -0.709. The lowest BCUT2D eigenvalue weighted by Gasteiger charge is -2.35. The molecule has 0 aromatic heterocycles. The van der Waals surface area contributed by atoms with Crippen LogP contribution in [0.5, 0.6) is 5.75 Å². The molecule has 0 radical (unpaired) electrons. The maximum atomic E-state index is 13.2. The zero-order chi connectivity index (χ0) is 18.1. The van der Waals surface area contributed by atoms with Gasteiger partial charge in [-0.25, -0.2) is 0 Å². The minimum absolute atomic E-state index is 0.126. The van der Waals surface area contributed by atoms with Crippen molar-refractivity contribution in [2.45, 2.75) is 20.0 Å². The molecular weight excluding hydrogens is 316 g/mol. The molecule has 0 spiro atoms. The van der Waals surface area contributed by atoms with E-state index in [1.165, 1.54) is 4.90 Å². The summed E-state index contributed by atoms with van der Waals surface area (Å²) in [6.45, 7) is 4.13. The van der Waals surface area contributed by atoms with Gasteiger partial charge in [-0.1, -0.05) is 29.3 Å². The first-order chi connectivity index (χ1) is 11.9. The molecule has 2 aromatic rings. The van der Waals surface area contributed by atoms with E-state index in [0.717, 1.165) is 11.1 Å². The number of hydrogen-bond acceptors (Lipinski definition) is 3. The average Bonchev–Trinajstić information content (AvgIpc) is 2.58. The van der Waals surface area contributed by atoms with Crippen molar-refractivity contribution in [3.63, 3.8) is 0 Å². The number of aryl methyl sites for hydroxylation is 2. The topological polar surface area (TPSA) is 49.9 Å². The summed E-state index contributed by atoms with van der Waals surface area (Å²) < 4.78 is 5.83. The van der Waals surface area contributed by atoms with Crippen molar-refractivity contribution in [2.24, 2.45) is 0 Å². The third-order valence-electron chi connectivity index (χ3n) is 4.20. The first-order valence-electron chi connectivity index (χ1n) is 8.24. The largest absolute Gasteiger partial charge is 0.476 e. The fraction of sp³-hybridized carbons (Fsp3) is 0.300. The molecule has 1 atom stereocenters. The maximum Gasteiger partial charge on any atom is 0.265 e. The highest BCUT2D eigenvalue weighted by Crippen LogP contribution is 2.34. The van der Waals surface area contributed by atoms with Crippen LogP contribution in [0.15, 0.2) is 42.5 Å². The summed E-state index contributed by atoms with van der Waals surface area (Å²) >= 11 is 0. The summed E-state index contributed by atoms with van der Waals surface area (Å²) in [6.07, 6.45) is -0.709.